The maximum absolute atomic E-state index is 13.2. The number of aryl methyl sites for hydroxylation is 2. The first-order valence-electron chi connectivity index (χ1n) is 10.5. The molecule has 1 aromatic heterocycles. The van der Waals surface area contributed by atoms with Crippen LogP contribution in [0.3, 0.4) is 0 Å². The van der Waals surface area contributed by atoms with Crippen molar-refractivity contribution in [1.29, 1.82) is 0 Å². The van der Waals surface area contributed by atoms with E-state index in [0.717, 1.165) is 29.5 Å². The average Bonchev–Trinajstić information content (AvgIpc) is 2.76. The highest BCUT2D eigenvalue weighted by Crippen LogP contribution is 2.44. The summed E-state index contributed by atoms with van der Waals surface area (Å²) < 4.78 is 22.7. The number of ketones is 1. The highest BCUT2D eigenvalue weighted by atomic mass is 16.5. The number of unbranched alkanes of at least 4 members (excludes halogenated alkanes) is 1. The van der Waals surface area contributed by atoms with Gasteiger partial charge in [-0.1, -0.05) is 19.4 Å². The summed E-state index contributed by atoms with van der Waals surface area (Å²) in [6.45, 7) is 3.94. The van der Waals surface area contributed by atoms with Crippen LogP contribution in [0.25, 0.3) is 11.0 Å². The summed E-state index contributed by atoms with van der Waals surface area (Å²) in [5.74, 6) is 1.69. The third-order valence-corrected chi connectivity index (χ3v) is 5.75. The lowest BCUT2D eigenvalue weighted by atomic mass is 9.90. The Hall–Kier alpha value is -3.28. The van der Waals surface area contributed by atoms with E-state index in [4.69, 9.17) is 18.6 Å². The van der Waals surface area contributed by atoms with Gasteiger partial charge in [0.15, 0.2) is 17.3 Å². The van der Waals surface area contributed by atoms with Crippen LogP contribution in [0.1, 0.15) is 59.3 Å². The molecule has 6 nitrogen and oxygen atoms in total. The van der Waals surface area contributed by atoms with Crippen LogP contribution in [0.4, 0.5) is 0 Å². The molecule has 0 unspecified atom stereocenters. The van der Waals surface area contributed by atoms with Crippen LogP contribution in [-0.2, 0) is 6.42 Å². The van der Waals surface area contributed by atoms with Gasteiger partial charge in [0, 0.05) is 6.07 Å². The van der Waals surface area contributed by atoms with E-state index in [2.05, 4.69) is 6.92 Å². The number of rotatable bonds is 6. The van der Waals surface area contributed by atoms with Gasteiger partial charge in [-0.15, -0.1) is 0 Å². The summed E-state index contributed by atoms with van der Waals surface area (Å²) >= 11 is 0. The van der Waals surface area contributed by atoms with Gasteiger partial charge in [0.1, 0.15) is 17.4 Å². The second-order valence-electron chi connectivity index (χ2n) is 7.81. The topological polar surface area (TPSA) is 75.0 Å². The molecule has 1 atom stereocenters. The largest absolute Gasteiger partial charge is 0.493 e. The van der Waals surface area contributed by atoms with Gasteiger partial charge in [0.2, 0.25) is 0 Å². The van der Waals surface area contributed by atoms with Crippen LogP contribution < -0.4 is 19.8 Å². The van der Waals surface area contributed by atoms with Crippen molar-refractivity contribution < 1.29 is 23.4 Å². The quantitative estimate of drug-likeness (QED) is 0.510. The zero-order valence-corrected chi connectivity index (χ0v) is 18.2. The third-order valence-electron chi connectivity index (χ3n) is 5.75. The fourth-order valence-electron chi connectivity index (χ4n) is 4.22. The normalized spacial score (nSPS) is 15.5. The monoisotopic (exact) mass is 422 g/mol. The Morgan fingerprint density at radius 3 is 2.55 bits per heavy atom. The van der Waals surface area contributed by atoms with Crippen LogP contribution in [-0.4, -0.2) is 20.0 Å². The maximum atomic E-state index is 13.2. The Kier molecular flexibility index (Phi) is 5.72. The lowest BCUT2D eigenvalue weighted by molar-refractivity contribution is 0.0852. The molecule has 0 fully saturated rings. The predicted octanol–water partition coefficient (Wildman–Crippen LogP) is 5.17. The second-order valence-corrected chi connectivity index (χ2v) is 7.81. The van der Waals surface area contributed by atoms with Gasteiger partial charge in [0.25, 0.3) is 0 Å². The molecule has 0 radical (unpaired) electrons. The molecule has 3 aromatic rings. The molecule has 0 bridgehead atoms. The molecular formula is C25H26O6. The second kappa shape index (κ2) is 8.46. The van der Waals surface area contributed by atoms with Crippen LogP contribution in [0.15, 0.2) is 39.5 Å². The molecule has 0 saturated carbocycles. The van der Waals surface area contributed by atoms with Crippen LogP contribution in [0.5, 0.6) is 17.2 Å². The van der Waals surface area contributed by atoms with E-state index in [1.54, 1.807) is 26.4 Å². The summed E-state index contributed by atoms with van der Waals surface area (Å²) in [6, 6.07) is 8.79. The zero-order chi connectivity index (χ0) is 22.1. The van der Waals surface area contributed by atoms with Crippen molar-refractivity contribution >= 4 is 16.8 Å². The van der Waals surface area contributed by atoms with E-state index in [0.29, 0.717) is 40.2 Å². The molecule has 0 spiro atoms. The molecule has 1 aliphatic heterocycles. The molecule has 2 heterocycles. The smallest absolute Gasteiger partial charge is 0.336 e. The summed E-state index contributed by atoms with van der Waals surface area (Å²) in [7, 11) is 3.15. The molecule has 4 rings (SSSR count). The Morgan fingerprint density at radius 1 is 1.06 bits per heavy atom. The molecule has 162 valence electrons. The minimum absolute atomic E-state index is 0.00748. The van der Waals surface area contributed by atoms with E-state index < -0.39 is 11.7 Å². The van der Waals surface area contributed by atoms with Crippen molar-refractivity contribution in [2.24, 2.45) is 0 Å². The van der Waals surface area contributed by atoms with Gasteiger partial charge < -0.3 is 18.6 Å². The number of hydrogen-bond donors (Lipinski definition) is 0. The summed E-state index contributed by atoms with van der Waals surface area (Å²) in [4.78, 5) is 25.3. The molecule has 0 N–H and O–H groups in total. The number of ether oxygens (including phenoxy) is 3. The van der Waals surface area contributed by atoms with E-state index >= 15 is 0 Å². The Balaban J connectivity index is 1.88. The highest BCUT2D eigenvalue weighted by Gasteiger charge is 2.32. The van der Waals surface area contributed by atoms with Gasteiger partial charge >= 0.3 is 5.63 Å². The number of methoxy groups -OCH3 is 2. The summed E-state index contributed by atoms with van der Waals surface area (Å²) in [5, 5.41) is 0.715. The maximum Gasteiger partial charge on any atom is 0.336 e. The average molecular weight is 422 g/mol. The minimum Gasteiger partial charge on any atom is -0.493 e. The first-order valence-corrected chi connectivity index (χ1v) is 10.5. The fourth-order valence-corrected chi connectivity index (χ4v) is 4.22. The molecule has 1 aliphatic rings. The minimum atomic E-state index is -0.476. The standard InChI is InChI=1S/C25H26O6/c1-5-6-7-16-12-22(27)30-21-10-14(2)23-17(26)13-19(31-25(23)24(16)21)15-8-9-18(28-3)20(11-15)29-4/h8-12,19H,5-7,13H2,1-4H3/t19-/m1/s1. The van der Waals surface area contributed by atoms with Gasteiger partial charge in [-0.2, -0.15) is 0 Å². The molecule has 2 aromatic carbocycles. The number of Topliss-reactive ketones (excluding diaryl/α,β-unsaturated/α-hetero) is 1. The molecule has 6 heteroatoms. The van der Waals surface area contributed by atoms with Gasteiger partial charge in [0.05, 0.1) is 31.6 Å². The Morgan fingerprint density at radius 2 is 1.84 bits per heavy atom. The number of benzene rings is 2. The molecule has 0 amide bonds. The summed E-state index contributed by atoms with van der Waals surface area (Å²) in [6.07, 6.45) is 2.37. The van der Waals surface area contributed by atoms with Crippen molar-refractivity contribution in [2.45, 2.75) is 45.6 Å². The number of carbonyl (C=O) groups is 1. The number of fused-ring (bicyclic) bond motifs is 3. The Labute approximate surface area is 180 Å². The molecule has 0 saturated heterocycles. The van der Waals surface area contributed by atoms with E-state index in [1.807, 2.05) is 19.1 Å². The molecule has 0 aliphatic carbocycles. The zero-order valence-electron chi connectivity index (χ0n) is 18.2. The van der Waals surface area contributed by atoms with Gasteiger partial charge in [-0.05, 0) is 54.7 Å². The van der Waals surface area contributed by atoms with Crippen molar-refractivity contribution in [1.82, 2.24) is 0 Å². The van der Waals surface area contributed by atoms with Crippen molar-refractivity contribution in [3.05, 3.63) is 63.0 Å². The molecular weight excluding hydrogens is 396 g/mol. The van der Waals surface area contributed by atoms with Crippen LogP contribution >= 0.6 is 0 Å². The SMILES string of the molecule is CCCCc1cc(=O)oc2cc(C)c3c(c12)O[C@@H](c1ccc(OC)c(OC)c1)CC3=O. The Bertz CT molecular complexity index is 1210. The lowest BCUT2D eigenvalue weighted by Crippen LogP contribution is -2.22. The van der Waals surface area contributed by atoms with E-state index in [-0.39, 0.29) is 12.2 Å². The highest BCUT2D eigenvalue weighted by molar-refractivity contribution is 6.07. The molecule has 31 heavy (non-hydrogen) atoms. The van der Waals surface area contributed by atoms with Gasteiger partial charge in [-0.25, -0.2) is 4.79 Å². The fraction of sp³-hybridized carbons (Fsp3) is 0.360. The first kappa shape index (κ1) is 21.0. The van der Waals surface area contributed by atoms with Crippen LogP contribution in [0.2, 0.25) is 0 Å². The van der Waals surface area contributed by atoms with Gasteiger partial charge in [-0.3, -0.25) is 4.79 Å². The van der Waals surface area contributed by atoms with Crippen molar-refractivity contribution in [3.63, 3.8) is 0 Å². The number of hydrogen-bond acceptors (Lipinski definition) is 6. The predicted molar refractivity (Wildman–Crippen MR) is 118 cm³/mol. The lowest BCUT2D eigenvalue weighted by Gasteiger charge is -2.28. The first-order chi connectivity index (χ1) is 15.0. The van der Waals surface area contributed by atoms with Crippen molar-refractivity contribution in [2.75, 3.05) is 14.2 Å². The summed E-state index contributed by atoms with van der Waals surface area (Å²) in [5.41, 5.74) is 3.04. The van der Waals surface area contributed by atoms with Crippen LogP contribution in [0, 0.1) is 6.92 Å². The third kappa shape index (κ3) is 3.78. The van der Waals surface area contributed by atoms with Crippen molar-refractivity contribution in [3.8, 4) is 17.2 Å². The number of carbonyl (C=O) groups excluding carboxylic acids is 1. The van der Waals surface area contributed by atoms with E-state index in [9.17, 15) is 9.59 Å². The van der Waals surface area contributed by atoms with E-state index in [1.165, 1.54) is 6.07 Å².